The van der Waals surface area contributed by atoms with Crippen molar-refractivity contribution in [2.24, 2.45) is 0 Å². The number of ether oxygens (including phenoxy) is 1. The molecule has 1 heterocycles. The molecule has 0 amide bonds. The summed E-state index contributed by atoms with van der Waals surface area (Å²) in [6.07, 6.45) is 0. The molecule has 0 radical (unpaired) electrons. The smallest absolute Gasteiger partial charge is 0.345 e. The Morgan fingerprint density at radius 2 is 1.60 bits per heavy atom. The molecule has 0 atom stereocenters. The molecule has 1 N–H and O–H groups in total. The standard InChI is InChI=1S/C24H18ClN3O2/c1-16-26-22(17-7-3-2-4-8-17)15-23(27-16)28-18-11-13-19(14-12-18)30-24(29)20-9-5-6-10-21(20)25/h2-15H,1H3,(H,26,27,28). The first-order valence-corrected chi connectivity index (χ1v) is 9.71. The van der Waals surface area contributed by atoms with Gasteiger partial charge in [0.1, 0.15) is 17.4 Å². The third kappa shape index (κ3) is 4.64. The Balaban J connectivity index is 1.48. The molecule has 0 aliphatic rings. The second-order valence-corrected chi connectivity index (χ2v) is 6.98. The number of benzene rings is 3. The van der Waals surface area contributed by atoms with Crippen LogP contribution >= 0.6 is 11.6 Å². The fourth-order valence-electron chi connectivity index (χ4n) is 2.93. The van der Waals surface area contributed by atoms with Crippen molar-refractivity contribution in [2.75, 3.05) is 5.32 Å². The molecule has 3 aromatic carbocycles. The van der Waals surface area contributed by atoms with E-state index >= 15 is 0 Å². The monoisotopic (exact) mass is 415 g/mol. The van der Waals surface area contributed by atoms with Crippen LogP contribution in [0.2, 0.25) is 5.02 Å². The van der Waals surface area contributed by atoms with Crippen molar-refractivity contribution in [1.82, 2.24) is 9.97 Å². The Kier molecular flexibility index (Phi) is 5.72. The number of halogens is 1. The average Bonchev–Trinajstić information content (AvgIpc) is 2.75. The Labute approximate surface area is 179 Å². The summed E-state index contributed by atoms with van der Waals surface area (Å²) < 4.78 is 5.41. The highest BCUT2D eigenvalue weighted by atomic mass is 35.5. The first kappa shape index (κ1) is 19.6. The molecule has 30 heavy (non-hydrogen) atoms. The van der Waals surface area contributed by atoms with E-state index in [1.165, 1.54) is 0 Å². The SMILES string of the molecule is Cc1nc(Nc2ccc(OC(=O)c3ccccc3Cl)cc2)cc(-c2ccccc2)n1. The van der Waals surface area contributed by atoms with E-state index in [2.05, 4.69) is 15.3 Å². The van der Waals surface area contributed by atoms with Gasteiger partial charge in [-0.2, -0.15) is 0 Å². The number of aryl methyl sites for hydroxylation is 1. The lowest BCUT2D eigenvalue weighted by Gasteiger charge is -2.10. The van der Waals surface area contributed by atoms with Gasteiger partial charge < -0.3 is 10.1 Å². The minimum atomic E-state index is -0.500. The van der Waals surface area contributed by atoms with Crippen LogP contribution in [0.3, 0.4) is 0 Å². The zero-order valence-electron chi connectivity index (χ0n) is 16.2. The Morgan fingerprint density at radius 1 is 0.900 bits per heavy atom. The van der Waals surface area contributed by atoms with Crippen molar-refractivity contribution < 1.29 is 9.53 Å². The zero-order chi connectivity index (χ0) is 20.9. The molecule has 5 nitrogen and oxygen atoms in total. The molecule has 6 heteroatoms. The van der Waals surface area contributed by atoms with E-state index in [1.807, 2.05) is 55.5 Å². The highest BCUT2D eigenvalue weighted by molar-refractivity contribution is 6.33. The minimum Gasteiger partial charge on any atom is -0.423 e. The number of rotatable bonds is 5. The first-order chi connectivity index (χ1) is 14.6. The highest BCUT2D eigenvalue weighted by Crippen LogP contribution is 2.24. The van der Waals surface area contributed by atoms with Crippen LogP contribution in [0.25, 0.3) is 11.3 Å². The molecule has 0 aliphatic heterocycles. The first-order valence-electron chi connectivity index (χ1n) is 9.33. The molecule has 0 spiro atoms. The summed E-state index contributed by atoms with van der Waals surface area (Å²) in [4.78, 5) is 21.2. The summed E-state index contributed by atoms with van der Waals surface area (Å²) in [6.45, 7) is 1.86. The molecular weight excluding hydrogens is 398 g/mol. The maximum absolute atomic E-state index is 12.3. The summed E-state index contributed by atoms with van der Waals surface area (Å²) in [5.74, 6) is 1.28. The van der Waals surface area contributed by atoms with Crippen molar-refractivity contribution in [2.45, 2.75) is 6.92 Å². The highest BCUT2D eigenvalue weighted by Gasteiger charge is 2.12. The quantitative estimate of drug-likeness (QED) is 0.316. The second-order valence-electron chi connectivity index (χ2n) is 6.57. The van der Waals surface area contributed by atoms with Crippen molar-refractivity contribution >= 4 is 29.1 Å². The van der Waals surface area contributed by atoms with E-state index in [4.69, 9.17) is 16.3 Å². The van der Waals surface area contributed by atoms with Crippen LogP contribution in [-0.4, -0.2) is 15.9 Å². The molecule has 0 fully saturated rings. The van der Waals surface area contributed by atoms with Gasteiger partial charge in [0.15, 0.2) is 0 Å². The summed E-state index contributed by atoms with van der Waals surface area (Å²) >= 11 is 6.05. The number of aromatic nitrogens is 2. The number of hydrogen-bond donors (Lipinski definition) is 1. The molecule has 4 rings (SSSR count). The van der Waals surface area contributed by atoms with Crippen LogP contribution < -0.4 is 10.1 Å². The topological polar surface area (TPSA) is 64.1 Å². The molecular formula is C24H18ClN3O2. The van der Waals surface area contributed by atoms with Gasteiger partial charge in [-0.25, -0.2) is 14.8 Å². The molecule has 0 saturated heterocycles. The van der Waals surface area contributed by atoms with Crippen LogP contribution in [0.15, 0.2) is 84.9 Å². The van der Waals surface area contributed by atoms with Crippen LogP contribution in [0.1, 0.15) is 16.2 Å². The van der Waals surface area contributed by atoms with Gasteiger partial charge in [0, 0.05) is 17.3 Å². The van der Waals surface area contributed by atoms with Gasteiger partial charge in [0.25, 0.3) is 0 Å². The number of carbonyl (C=O) groups is 1. The van der Waals surface area contributed by atoms with Gasteiger partial charge in [0.2, 0.25) is 0 Å². The predicted octanol–water partition coefficient (Wildman–Crippen LogP) is 6.07. The van der Waals surface area contributed by atoms with E-state index in [0.717, 1.165) is 16.9 Å². The van der Waals surface area contributed by atoms with Crippen molar-refractivity contribution in [1.29, 1.82) is 0 Å². The van der Waals surface area contributed by atoms with Crippen LogP contribution in [-0.2, 0) is 0 Å². The van der Waals surface area contributed by atoms with Crippen LogP contribution in [0.5, 0.6) is 5.75 Å². The van der Waals surface area contributed by atoms with Gasteiger partial charge in [-0.1, -0.05) is 54.1 Å². The Hall–Kier alpha value is -3.70. The Bertz CT molecular complexity index is 1180. The third-order valence-electron chi connectivity index (χ3n) is 4.34. The van der Waals surface area contributed by atoms with E-state index in [0.29, 0.717) is 28.0 Å². The molecule has 1 aromatic heterocycles. The fourth-order valence-corrected chi connectivity index (χ4v) is 3.14. The summed E-state index contributed by atoms with van der Waals surface area (Å²) in [7, 11) is 0. The summed E-state index contributed by atoms with van der Waals surface area (Å²) in [5.41, 5.74) is 3.00. The molecule has 0 bridgehead atoms. The molecule has 0 aliphatic carbocycles. The summed E-state index contributed by atoms with van der Waals surface area (Å²) in [5, 5.41) is 3.62. The normalized spacial score (nSPS) is 10.5. The number of nitrogens with zero attached hydrogens (tertiary/aromatic N) is 2. The molecule has 148 valence electrons. The average molecular weight is 416 g/mol. The van der Waals surface area contributed by atoms with Gasteiger partial charge in [-0.05, 0) is 43.3 Å². The third-order valence-corrected chi connectivity index (χ3v) is 4.67. The van der Waals surface area contributed by atoms with E-state index in [-0.39, 0.29) is 0 Å². The maximum atomic E-state index is 12.3. The Morgan fingerprint density at radius 3 is 2.33 bits per heavy atom. The molecule has 4 aromatic rings. The van der Waals surface area contributed by atoms with Gasteiger partial charge in [-0.3, -0.25) is 0 Å². The lowest BCUT2D eigenvalue weighted by Crippen LogP contribution is -2.09. The zero-order valence-corrected chi connectivity index (χ0v) is 16.9. The molecule has 0 saturated carbocycles. The van der Waals surface area contributed by atoms with E-state index < -0.39 is 5.97 Å². The number of anilines is 2. The number of nitrogens with one attached hydrogen (secondary N) is 1. The minimum absolute atomic E-state index is 0.325. The molecule has 0 unspecified atom stereocenters. The van der Waals surface area contributed by atoms with Crippen LogP contribution in [0, 0.1) is 6.92 Å². The fraction of sp³-hybridized carbons (Fsp3) is 0.0417. The lowest BCUT2D eigenvalue weighted by atomic mass is 10.1. The maximum Gasteiger partial charge on any atom is 0.345 e. The number of carbonyl (C=O) groups excluding carboxylic acids is 1. The van der Waals surface area contributed by atoms with Gasteiger partial charge in [-0.15, -0.1) is 0 Å². The summed E-state index contributed by atoms with van der Waals surface area (Å²) in [6, 6.07) is 25.7. The largest absolute Gasteiger partial charge is 0.423 e. The van der Waals surface area contributed by atoms with Crippen molar-refractivity contribution in [3.05, 3.63) is 101 Å². The van der Waals surface area contributed by atoms with E-state index in [1.54, 1.807) is 36.4 Å². The van der Waals surface area contributed by atoms with Crippen LogP contribution in [0.4, 0.5) is 11.5 Å². The number of hydrogen-bond acceptors (Lipinski definition) is 5. The van der Waals surface area contributed by atoms with Crippen molar-refractivity contribution in [3.63, 3.8) is 0 Å². The van der Waals surface area contributed by atoms with Gasteiger partial charge >= 0.3 is 5.97 Å². The van der Waals surface area contributed by atoms with Gasteiger partial charge in [0.05, 0.1) is 16.3 Å². The second kappa shape index (κ2) is 8.76. The predicted molar refractivity (Wildman–Crippen MR) is 118 cm³/mol. The van der Waals surface area contributed by atoms with E-state index in [9.17, 15) is 4.79 Å². The lowest BCUT2D eigenvalue weighted by molar-refractivity contribution is 0.0735. The van der Waals surface area contributed by atoms with Crippen molar-refractivity contribution in [3.8, 4) is 17.0 Å². The number of esters is 1.